The van der Waals surface area contributed by atoms with Gasteiger partial charge in [-0.15, -0.1) is 11.3 Å². The van der Waals surface area contributed by atoms with Gasteiger partial charge in [-0.25, -0.2) is 0 Å². The molecule has 0 bridgehead atoms. The number of hydrogen-bond acceptors (Lipinski definition) is 4. The highest BCUT2D eigenvalue weighted by Gasteiger charge is 2.22. The van der Waals surface area contributed by atoms with E-state index in [2.05, 4.69) is 5.32 Å². The smallest absolute Gasteiger partial charge is 0.252 e. The SMILES string of the molecule is Cc1cc(C(=O)NC2CCN(CC(N)=O)CC2)c(C)s1. The van der Waals surface area contributed by atoms with Crippen molar-refractivity contribution in [1.82, 2.24) is 10.2 Å². The number of likely N-dealkylation sites (tertiary alicyclic amines) is 1. The zero-order chi connectivity index (χ0) is 14.7. The van der Waals surface area contributed by atoms with Gasteiger partial charge in [0.1, 0.15) is 0 Å². The molecule has 0 atom stereocenters. The van der Waals surface area contributed by atoms with Crippen LogP contribution in [0.3, 0.4) is 0 Å². The summed E-state index contributed by atoms with van der Waals surface area (Å²) in [6.07, 6.45) is 1.72. The van der Waals surface area contributed by atoms with Crippen LogP contribution in [0.2, 0.25) is 0 Å². The van der Waals surface area contributed by atoms with Gasteiger partial charge in [0.2, 0.25) is 5.91 Å². The zero-order valence-electron chi connectivity index (χ0n) is 11.9. The van der Waals surface area contributed by atoms with Crippen molar-refractivity contribution in [2.45, 2.75) is 32.7 Å². The topological polar surface area (TPSA) is 75.4 Å². The van der Waals surface area contributed by atoms with E-state index < -0.39 is 0 Å². The molecule has 0 spiro atoms. The van der Waals surface area contributed by atoms with Crippen LogP contribution in [-0.4, -0.2) is 42.4 Å². The molecule has 5 nitrogen and oxygen atoms in total. The van der Waals surface area contributed by atoms with Crippen LogP contribution in [0.4, 0.5) is 0 Å². The second kappa shape index (κ2) is 6.37. The van der Waals surface area contributed by atoms with Crippen LogP contribution in [0.25, 0.3) is 0 Å². The predicted molar refractivity (Wildman–Crippen MR) is 79.9 cm³/mol. The number of thiophene rings is 1. The van der Waals surface area contributed by atoms with E-state index in [0.717, 1.165) is 41.2 Å². The normalized spacial score (nSPS) is 17.1. The van der Waals surface area contributed by atoms with Crippen molar-refractivity contribution in [3.63, 3.8) is 0 Å². The average molecular weight is 295 g/mol. The van der Waals surface area contributed by atoms with E-state index in [4.69, 9.17) is 5.73 Å². The summed E-state index contributed by atoms with van der Waals surface area (Å²) in [4.78, 5) is 27.3. The van der Waals surface area contributed by atoms with E-state index in [-0.39, 0.29) is 17.9 Å². The minimum atomic E-state index is -0.295. The second-order valence-corrected chi connectivity index (χ2v) is 6.78. The van der Waals surface area contributed by atoms with Crippen molar-refractivity contribution in [3.8, 4) is 0 Å². The maximum atomic E-state index is 12.2. The highest BCUT2D eigenvalue weighted by Crippen LogP contribution is 2.21. The lowest BCUT2D eigenvalue weighted by Gasteiger charge is -2.31. The molecule has 1 aliphatic heterocycles. The molecule has 0 unspecified atom stereocenters. The minimum Gasteiger partial charge on any atom is -0.369 e. The van der Waals surface area contributed by atoms with Crippen LogP contribution in [0.1, 0.15) is 33.0 Å². The molecule has 1 aromatic heterocycles. The Morgan fingerprint density at radius 2 is 2.05 bits per heavy atom. The van der Waals surface area contributed by atoms with Gasteiger partial charge >= 0.3 is 0 Å². The standard InChI is InChI=1S/C14H21N3O2S/c1-9-7-12(10(2)20-9)14(19)16-11-3-5-17(6-4-11)8-13(15)18/h7,11H,3-6,8H2,1-2H3,(H2,15,18)(H,16,19). The van der Waals surface area contributed by atoms with Gasteiger partial charge in [-0.2, -0.15) is 0 Å². The van der Waals surface area contributed by atoms with Crippen molar-refractivity contribution in [2.24, 2.45) is 5.73 Å². The van der Waals surface area contributed by atoms with Crippen LogP contribution in [0.5, 0.6) is 0 Å². The van der Waals surface area contributed by atoms with Gasteiger partial charge in [0.15, 0.2) is 0 Å². The van der Waals surface area contributed by atoms with Gasteiger partial charge in [0.25, 0.3) is 5.91 Å². The molecule has 3 N–H and O–H groups in total. The van der Waals surface area contributed by atoms with Crippen molar-refractivity contribution < 1.29 is 9.59 Å². The van der Waals surface area contributed by atoms with E-state index in [1.54, 1.807) is 11.3 Å². The summed E-state index contributed by atoms with van der Waals surface area (Å²) in [5.41, 5.74) is 5.97. The Morgan fingerprint density at radius 1 is 1.40 bits per heavy atom. The van der Waals surface area contributed by atoms with Gasteiger partial charge < -0.3 is 11.1 Å². The molecular weight excluding hydrogens is 274 g/mol. The maximum Gasteiger partial charge on any atom is 0.252 e. The molecule has 6 heteroatoms. The molecule has 20 heavy (non-hydrogen) atoms. The van der Waals surface area contributed by atoms with E-state index in [1.165, 1.54) is 0 Å². The van der Waals surface area contributed by atoms with Gasteiger partial charge in [-0.1, -0.05) is 0 Å². The molecule has 2 heterocycles. The van der Waals surface area contributed by atoms with E-state index in [9.17, 15) is 9.59 Å². The van der Waals surface area contributed by atoms with Gasteiger partial charge in [0.05, 0.1) is 12.1 Å². The first-order valence-electron chi connectivity index (χ1n) is 6.84. The Balaban J connectivity index is 1.85. The summed E-state index contributed by atoms with van der Waals surface area (Å²) in [6.45, 7) is 5.90. The molecule has 1 fully saturated rings. The maximum absolute atomic E-state index is 12.2. The third kappa shape index (κ3) is 3.80. The summed E-state index contributed by atoms with van der Waals surface area (Å²) in [7, 11) is 0. The van der Waals surface area contributed by atoms with Crippen molar-refractivity contribution in [1.29, 1.82) is 0 Å². The second-order valence-electron chi connectivity index (χ2n) is 5.32. The van der Waals surface area contributed by atoms with Crippen LogP contribution in [0.15, 0.2) is 6.07 Å². The number of rotatable bonds is 4. The molecule has 1 aromatic rings. The Labute approximate surface area is 123 Å². The molecule has 110 valence electrons. The number of nitrogens with one attached hydrogen (secondary N) is 1. The van der Waals surface area contributed by atoms with E-state index in [1.807, 2.05) is 24.8 Å². The van der Waals surface area contributed by atoms with Gasteiger partial charge in [-0.3, -0.25) is 14.5 Å². The van der Waals surface area contributed by atoms with Crippen LogP contribution in [-0.2, 0) is 4.79 Å². The predicted octanol–water partition coefficient (Wildman–Crippen LogP) is 1.04. The number of nitrogens with zero attached hydrogens (tertiary/aromatic N) is 1. The summed E-state index contributed by atoms with van der Waals surface area (Å²) in [5.74, 6) is -0.281. The van der Waals surface area contributed by atoms with Crippen molar-refractivity contribution in [3.05, 3.63) is 21.4 Å². The fourth-order valence-corrected chi connectivity index (χ4v) is 3.50. The lowest BCUT2D eigenvalue weighted by molar-refractivity contribution is -0.119. The molecule has 2 amide bonds. The van der Waals surface area contributed by atoms with E-state index >= 15 is 0 Å². The summed E-state index contributed by atoms with van der Waals surface area (Å²) < 4.78 is 0. The third-order valence-corrected chi connectivity index (χ3v) is 4.55. The zero-order valence-corrected chi connectivity index (χ0v) is 12.8. The largest absolute Gasteiger partial charge is 0.369 e. The van der Waals surface area contributed by atoms with Gasteiger partial charge in [-0.05, 0) is 32.8 Å². The Bertz CT molecular complexity index is 505. The van der Waals surface area contributed by atoms with Crippen molar-refractivity contribution >= 4 is 23.2 Å². The number of piperidine rings is 1. The Hall–Kier alpha value is -1.40. The molecule has 1 aliphatic rings. The lowest BCUT2D eigenvalue weighted by Crippen LogP contribution is -2.46. The number of carbonyl (C=O) groups is 2. The summed E-state index contributed by atoms with van der Waals surface area (Å²) >= 11 is 1.65. The quantitative estimate of drug-likeness (QED) is 0.871. The Morgan fingerprint density at radius 3 is 2.55 bits per heavy atom. The number of nitrogens with two attached hydrogens (primary N) is 1. The molecule has 0 saturated carbocycles. The average Bonchev–Trinajstić information content (AvgIpc) is 2.70. The number of aryl methyl sites for hydroxylation is 2. The number of carbonyl (C=O) groups excluding carboxylic acids is 2. The first kappa shape index (κ1) is 15.0. The highest BCUT2D eigenvalue weighted by molar-refractivity contribution is 7.12. The molecule has 0 radical (unpaired) electrons. The molecule has 0 aromatic carbocycles. The summed E-state index contributed by atoms with van der Waals surface area (Å²) in [6, 6.07) is 2.13. The lowest BCUT2D eigenvalue weighted by atomic mass is 10.0. The monoisotopic (exact) mass is 295 g/mol. The first-order valence-corrected chi connectivity index (χ1v) is 7.66. The molecule has 0 aliphatic carbocycles. The molecule has 1 saturated heterocycles. The van der Waals surface area contributed by atoms with E-state index in [0.29, 0.717) is 6.54 Å². The third-order valence-electron chi connectivity index (χ3n) is 3.59. The number of primary amides is 1. The Kier molecular flexibility index (Phi) is 4.77. The fourth-order valence-electron chi connectivity index (χ4n) is 2.58. The van der Waals surface area contributed by atoms with Crippen LogP contribution in [0, 0.1) is 13.8 Å². The van der Waals surface area contributed by atoms with Gasteiger partial charge in [0, 0.05) is 28.9 Å². The minimum absolute atomic E-state index is 0.0141. The highest BCUT2D eigenvalue weighted by atomic mass is 32.1. The van der Waals surface area contributed by atoms with Crippen LogP contribution >= 0.6 is 11.3 Å². The fraction of sp³-hybridized carbons (Fsp3) is 0.571. The van der Waals surface area contributed by atoms with Crippen molar-refractivity contribution in [2.75, 3.05) is 19.6 Å². The number of hydrogen-bond donors (Lipinski definition) is 2. The first-order chi connectivity index (χ1) is 9.45. The number of amides is 2. The molecular formula is C14H21N3O2S. The van der Waals surface area contributed by atoms with Crippen LogP contribution < -0.4 is 11.1 Å². The molecule has 2 rings (SSSR count). The summed E-state index contributed by atoms with van der Waals surface area (Å²) in [5, 5.41) is 3.09.